The van der Waals surface area contributed by atoms with Crippen molar-refractivity contribution in [2.45, 2.75) is 40.2 Å². The molecule has 0 saturated carbocycles. The molecule has 0 bridgehead atoms. The molecule has 0 atom stereocenters. The number of amides is 1. The van der Waals surface area contributed by atoms with E-state index in [0.717, 1.165) is 29.9 Å². The molecule has 2 aromatic heterocycles. The quantitative estimate of drug-likeness (QED) is 0.768. The second-order valence-corrected chi connectivity index (χ2v) is 4.82. The number of nitrogens with zero attached hydrogens (tertiary/aromatic N) is 3. The molecule has 2 aromatic rings. The van der Waals surface area contributed by atoms with E-state index in [1.165, 1.54) is 0 Å². The molecule has 4 N–H and O–H groups in total. The Hall–Kier alpha value is -2.31. The topological polar surface area (TPSA) is 102 Å². The van der Waals surface area contributed by atoms with Crippen molar-refractivity contribution < 1.29 is 4.79 Å². The third-order valence-corrected chi connectivity index (χ3v) is 3.15. The zero-order valence-corrected chi connectivity index (χ0v) is 12.0. The van der Waals surface area contributed by atoms with Crippen LogP contribution in [0.2, 0.25) is 0 Å². The van der Waals surface area contributed by atoms with Gasteiger partial charge in [-0.3, -0.25) is 14.6 Å². The maximum Gasteiger partial charge on any atom is 0.247 e. The number of hydrogen-bond donors (Lipinski definition) is 3. The van der Waals surface area contributed by atoms with Gasteiger partial charge in [0.15, 0.2) is 5.82 Å². The van der Waals surface area contributed by atoms with Gasteiger partial charge >= 0.3 is 0 Å². The Morgan fingerprint density at radius 3 is 2.85 bits per heavy atom. The zero-order chi connectivity index (χ0) is 14.7. The number of H-pyrrole nitrogens is 1. The van der Waals surface area contributed by atoms with Crippen molar-refractivity contribution in [2.24, 2.45) is 0 Å². The van der Waals surface area contributed by atoms with Crippen molar-refractivity contribution >= 4 is 17.4 Å². The zero-order valence-electron chi connectivity index (χ0n) is 12.0. The third-order valence-electron chi connectivity index (χ3n) is 3.15. The number of carbonyl (C=O) groups excluding carboxylic acids is 1. The fourth-order valence-electron chi connectivity index (χ4n) is 2.01. The molecule has 2 rings (SSSR count). The summed E-state index contributed by atoms with van der Waals surface area (Å²) in [4.78, 5) is 12.0. The lowest BCUT2D eigenvalue weighted by Crippen LogP contribution is -2.20. The average molecular weight is 276 g/mol. The van der Waals surface area contributed by atoms with E-state index in [1.54, 1.807) is 4.68 Å². The van der Waals surface area contributed by atoms with E-state index in [2.05, 4.69) is 27.5 Å². The largest absolute Gasteiger partial charge is 0.396 e. The summed E-state index contributed by atoms with van der Waals surface area (Å²) < 4.78 is 1.60. The highest BCUT2D eigenvalue weighted by atomic mass is 16.2. The maximum absolute atomic E-state index is 12.0. The predicted octanol–water partition coefficient (Wildman–Crippen LogP) is 1.40. The fourth-order valence-corrected chi connectivity index (χ4v) is 2.01. The molecule has 1 amide bonds. The summed E-state index contributed by atoms with van der Waals surface area (Å²) in [6, 6.07) is 1.84. The second kappa shape index (κ2) is 5.77. The first-order chi connectivity index (χ1) is 9.51. The molecule has 7 heteroatoms. The smallest absolute Gasteiger partial charge is 0.247 e. The summed E-state index contributed by atoms with van der Waals surface area (Å²) in [6.07, 6.45) is 1.94. The molecule has 108 valence electrons. The number of aryl methyl sites for hydroxylation is 2. The number of rotatable bonds is 5. The van der Waals surface area contributed by atoms with Crippen molar-refractivity contribution in [3.8, 4) is 0 Å². The van der Waals surface area contributed by atoms with Crippen LogP contribution in [0.25, 0.3) is 0 Å². The number of aromatic amines is 1. The Morgan fingerprint density at radius 1 is 1.50 bits per heavy atom. The van der Waals surface area contributed by atoms with E-state index < -0.39 is 0 Å². The van der Waals surface area contributed by atoms with Crippen LogP contribution in [0.5, 0.6) is 0 Å². The Balaban J connectivity index is 1.99. The number of nitrogens with two attached hydrogens (primary N) is 1. The summed E-state index contributed by atoms with van der Waals surface area (Å²) in [5.74, 6) is 0.359. The van der Waals surface area contributed by atoms with Gasteiger partial charge in [0.2, 0.25) is 5.91 Å². The van der Waals surface area contributed by atoms with Gasteiger partial charge in [-0.1, -0.05) is 13.3 Å². The Morgan fingerprint density at radius 2 is 2.25 bits per heavy atom. The van der Waals surface area contributed by atoms with Gasteiger partial charge in [0.05, 0.1) is 17.1 Å². The van der Waals surface area contributed by atoms with Crippen molar-refractivity contribution in [3.05, 3.63) is 23.1 Å². The molecule has 0 fully saturated rings. The SMILES string of the molecule is CCCc1cc(NC(=O)Cn2nc(C)c(N)c2C)n[nH]1. The first-order valence-corrected chi connectivity index (χ1v) is 6.65. The molecular weight excluding hydrogens is 256 g/mol. The van der Waals surface area contributed by atoms with Gasteiger partial charge < -0.3 is 11.1 Å². The van der Waals surface area contributed by atoms with Gasteiger partial charge in [-0.25, -0.2) is 0 Å². The van der Waals surface area contributed by atoms with Crippen molar-refractivity contribution in [2.75, 3.05) is 11.1 Å². The van der Waals surface area contributed by atoms with Crippen LogP contribution in [0.1, 0.15) is 30.4 Å². The summed E-state index contributed by atoms with van der Waals surface area (Å²) in [7, 11) is 0. The fraction of sp³-hybridized carbons (Fsp3) is 0.462. The first-order valence-electron chi connectivity index (χ1n) is 6.65. The molecule has 0 spiro atoms. The minimum absolute atomic E-state index is 0.125. The van der Waals surface area contributed by atoms with E-state index in [9.17, 15) is 4.79 Å². The molecular formula is C13H20N6O. The van der Waals surface area contributed by atoms with Crippen LogP contribution in [0.4, 0.5) is 11.5 Å². The number of nitrogens with one attached hydrogen (secondary N) is 2. The standard InChI is InChI=1S/C13H20N6O/c1-4-5-10-6-11(17-16-10)15-12(20)7-19-9(3)13(14)8(2)18-19/h6H,4-5,7,14H2,1-3H3,(H2,15,16,17,20). The van der Waals surface area contributed by atoms with Gasteiger partial charge in [-0.2, -0.15) is 10.2 Å². The van der Waals surface area contributed by atoms with Crippen LogP contribution in [-0.4, -0.2) is 25.9 Å². The molecule has 0 aliphatic rings. The van der Waals surface area contributed by atoms with Gasteiger partial charge in [0.25, 0.3) is 0 Å². The van der Waals surface area contributed by atoms with Crippen molar-refractivity contribution in [1.82, 2.24) is 20.0 Å². The molecule has 0 unspecified atom stereocenters. The number of anilines is 2. The third kappa shape index (κ3) is 2.98. The van der Waals surface area contributed by atoms with E-state index in [4.69, 9.17) is 5.73 Å². The van der Waals surface area contributed by atoms with Gasteiger partial charge in [0.1, 0.15) is 6.54 Å². The summed E-state index contributed by atoms with van der Waals surface area (Å²) >= 11 is 0. The van der Waals surface area contributed by atoms with E-state index in [1.807, 2.05) is 19.9 Å². The molecule has 0 aliphatic carbocycles. The monoisotopic (exact) mass is 276 g/mol. The lowest BCUT2D eigenvalue weighted by Gasteiger charge is -2.04. The number of aromatic nitrogens is 4. The number of nitrogen functional groups attached to an aromatic ring is 1. The molecule has 0 aromatic carbocycles. The van der Waals surface area contributed by atoms with Crippen LogP contribution < -0.4 is 11.1 Å². The Labute approximate surface area is 117 Å². The predicted molar refractivity (Wildman–Crippen MR) is 77.3 cm³/mol. The van der Waals surface area contributed by atoms with Crippen LogP contribution >= 0.6 is 0 Å². The Bertz CT molecular complexity index is 612. The highest BCUT2D eigenvalue weighted by molar-refractivity contribution is 5.89. The maximum atomic E-state index is 12.0. The molecule has 7 nitrogen and oxygen atoms in total. The lowest BCUT2D eigenvalue weighted by molar-refractivity contribution is -0.117. The van der Waals surface area contributed by atoms with Crippen LogP contribution in [0, 0.1) is 13.8 Å². The van der Waals surface area contributed by atoms with Gasteiger partial charge in [-0.05, 0) is 20.3 Å². The van der Waals surface area contributed by atoms with Crippen LogP contribution in [0.3, 0.4) is 0 Å². The van der Waals surface area contributed by atoms with Crippen LogP contribution in [0.15, 0.2) is 6.07 Å². The summed E-state index contributed by atoms with van der Waals surface area (Å²) in [5.41, 5.74) is 9.01. The average Bonchev–Trinajstić information content (AvgIpc) is 2.92. The van der Waals surface area contributed by atoms with Gasteiger partial charge in [0, 0.05) is 11.8 Å². The van der Waals surface area contributed by atoms with E-state index in [0.29, 0.717) is 11.5 Å². The molecule has 20 heavy (non-hydrogen) atoms. The molecule has 0 radical (unpaired) electrons. The minimum atomic E-state index is -0.176. The Kier molecular flexibility index (Phi) is 4.07. The molecule has 0 aliphatic heterocycles. The van der Waals surface area contributed by atoms with Crippen LogP contribution in [-0.2, 0) is 17.8 Å². The van der Waals surface area contributed by atoms with E-state index in [-0.39, 0.29) is 12.5 Å². The first kappa shape index (κ1) is 14.1. The molecule has 0 saturated heterocycles. The minimum Gasteiger partial charge on any atom is -0.396 e. The number of hydrogen-bond acceptors (Lipinski definition) is 4. The summed E-state index contributed by atoms with van der Waals surface area (Å²) in [5, 5.41) is 13.9. The van der Waals surface area contributed by atoms with E-state index >= 15 is 0 Å². The lowest BCUT2D eigenvalue weighted by atomic mass is 10.2. The highest BCUT2D eigenvalue weighted by Gasteiger charge is 2.12. The second-order valence-electron chi connectivity index (χ2n) is 4.82. The highest BCUT2D eigenvalue weighted by Crippen LogP contribution is 2.14. The van der Waals surface area contributed by atoms with Crippen molar-refractivity contribution in [1.29, 1.82) is 0 Å². The summed E-state index contributed by atoms with van der Waals surface area (Å²) in [6.45, 7) is 5.88. The van der Waals surface area contributed by atoms with Crippen molar-refractivity contribution in [3.63, 3.8) is 0 Å². The normalized spacial score (nSPS) is 10.8. The molecule has 2 heterocycles. The number of carbonyl (C=O) groups is 1. The van der Waals surface area contributed by atoms with Gasteiger partial charge in [-0.15, -0.1) is 0 Å².